The molecule has 1 N–H and O–H groups in total. The van der Waals surface area contributed by atoms with E-state index >= 15 is 0 Å². The van der Waals surface area contributed by atoms with Gasteiger partial charge in [-0.3, -0.25) is 4.79 Å². The van der Waals surface area contributed by atoms with Gasteiger partial charge in [-0.05, 0) is 63.7 Å². The van der Waals surface area contributed by atoms with E-state index in [0.29, 0.717) is 77.8 Å². The van der Waals surface area contributed by atoms with Crippen LogP contribution in [0.4, 0.5) is 26.3 Å². The Hall–Kier alpha value is -0.0601. The average molecular weight is 689 g/mol. The van der Waals surface area contributed by atoms with E-state index in [1.54, 1.807) is 6.92 Å². The first-order chi connectivity index (χ1) is 20.7. The van der Waals surface area contributed by atoms with Crippen molar-refractivity contribution in [3.63, 3.8) is 0 Å². The largest absolute Gasteiger partial charge is 1.00 e. The number of rotatable bonds is 7. The Morgan fingerprint density at radius 1 is 0.717 bits per heavy atom. The second-order valence-corrected chi connectivity index (χ2v) is 12.4. The Bertz CT molecular complexity index is 858. The van der Waals surface area contributed by atoms with E-state index in [2.05, 4.69) is 0 Å². The molecule has 2 spiro atoms. The summed E-state index contributed by atoms with van der Waals surface area (Å²) >= 11 is 0. The predicted octanol–water partition coefficient (Wildman–Crippen LogP) is 2.55. The maximum absolute atomic E-state index is 12.5. The topological polar surface area (TPSA) is 92.7 Å². The van der Waals surface area contributed by atoms with Crippen LogP contribution < -0.4 is 18.9 Å². The third kappa shape index (κ3) is 13.7. The minimum Gasteiger partial charge on any atom is -1.00 e. The van der Waals surface area contributed by atoms with Gasteiger partial charge in [-0.1, -0.05) is 0 Å². The minimum atomic E-state index is -4.27. The van der Waals surface area contributed by atoms with Gasteiger partial charge in [-0.15, -0.1) is 0 Å². The first kappa shape index (κ1) is 44.0. The molecule has 0 aromatic heterocycles. The zero-order valence-corrected chi connectivity index (χ0v) is 26.6. The summed E-state index contributed by atoms with van der Waals surface area (Å²) in [4.78, 5) is 12.2. The van der Waals surface area contributed by atoms with Crippen LogP contribution in [0.2, 0.25) is 0 Å². The number of halogens is 6. The van der Waals surface area contributed by atoms with Crippen LogP contribution in [-0.2, 0) is 33.2 Å². The molecule has 46 heavy (non-hydrogen) atoms. The molecule has 2 saturated carbocycles. The van der Waals surface area contributed by atoms with Crippen molar-refractivity contribution < 1.29 is 85.0 Å². The van der Waals surface area contributed by atoms with Gasteiger partial charge in [0.15, 0.2) is 28.9 Å². The van der Waals surface area contributed by atoms with Crippen LogP contribution in [0.25, 0.3) is 0 Å². The number of hydrogen-bond acceptors (Lipinski definition) is 8. The molecule has 0 bridgehead atoms. The Kier molecular flexibility index (Phi) is 18.5. The maximum atomic E-state index is 12.5. The summed E-state index contributed by atoms with van der Waals surface area (Å²) in [6.45, 7) is 5.72. The molecule has 3 saturated heterocycles. The summed E-state index contributed by atoms with van der Waals surface area (Å²) in [5.41, 5.74) is -1.68. The van der Waals surface area contributed by atoms with Crippen molar-refractivity contribution in [2.24, 2.45) is 10.8 Å². The minimum absolute atomic E-state index is 0. The number of alkyl halides is 6. The van der Waals surface area contributed by atoms with Crippen LogP contribution in [0.1, 0.15) is 98.2 Å². The van der Waals surface area contributed by atoms with E-state index in [1.165, 1.54) is 12.8 Å². The van der Waals surface area contributed by atoms with E-state index in [0.717, 1.165) is 13.2 Å². The monoisotopic (exact) mass is 688 g/mol. The van der Waals surface area contributed by atoms with E-state index in [-0.39, 0.29) is 63.7 Å². The Morgan fingerprint density at radius 3 is 1.48 bits per heavy atom. The number of ether oxygens (including phenoxy) is 6. The molecule has 0 atom stereocenters. The molecule has 0 aromatic rings. The molecule has 0 unspecified atom stereocenters. The number of carbonyl (C=O) groups excluding carboxylic acids is 1. The van der Waals surface area contributed by atoms with Crippen molar-refractivity contribution in [1.82, 2.24) is 0 Å². The van der Waals surface area contributed by atoms with Crippen LogP contribution in [-0.4, -0.2) is 105 Å². The Labute approximate surface area is 292 Å². The summed E-state index contributed by atoms with van der Waals surface area (Å²) in [6.07, 6.45) is -4.23. The standard InChI is InChI=1S/C14H21F3O4.C12H19F3O3.C4H8O.Al.Li.4H/c1-2-19-11(18)12(5-8-14(15,16)17)3-6-13(7-4-12)20-9-10-21-13;13-12(14,15)6-3-10(9-16)1-4-11(5-2-10)17-7-8-18-11;1-2-4-5-3-1;;;;;;/h2-10H2,1H3;16H,1-9H2;1-4H2;;;;;;/q;;;;+1;;;;-1. The Morgan fingerprint density at radius 2 is 1.13 bits per heavy atom. The number of esters is 1. The van der Waals surface area contributed by atoms with Crippen LogP contribution >= 0.6 is 0 Å². The fourth-order valence-corrected chi connectivity index (χ4v) is 6.47. The van der Waals surface area contributed by atoms with Crippen molar-refractivity contribution in [2.45, 2.75) is 121 Å². The molecule has 0 amide bonds. The second kappa shape index (κ2) is 19.4. The molecule has 0 radical (unpaired) electrons. The second-order valence-electron chi connectivity index (χ2n) is 12.4. The molecule has 5 rings (SSSR count). The third-order valence-corrected chi connectivity index (χ3v) is 9.37. The SMILES string of the molecule is C1CCOC1.CCOC(=O)C1(CCC(F)(F)F)CCC2(CC1)OCCO2.OCC1(CCC(F)(F)F)CCC2(CC1)OCCO2.[AlH3].[H-].[Li+]. The van der Waals surface area contributed by atoms with E-state index in [9.17, 15) is 36.2 Å². The first-order valence-corrected chi connectivity index (χ1v) is 15.7. The van der Waals surface area contributed by atoms with Gasteiger partial charge in [0.1, 0.15) is 0 Å². The zero-order valence-electron chi connectivity index (χ0n) is 27.6. The third-order valence-electron chi connectivity index (χ3n) is 9.37. The van der Waals surface area contributed by atoms with Gasteiger partial charge in [-0.2, -0.15) is 26.3 Å². The van der Waals surface area contributed by atoms with Crippen molar-refractivity contribution >= 4 is 23.3 Å². The number of carbonyl (C=O) groups is 1. The normalized spacial score (nSPS) is 26.2. The quantitative estimate of drug-likeness (QED) is 0.248. The molecular formula is C30H52AlF6LiO8. The molecule has 16 heteroatoms. The van der Waals surface area contributed by atoms with Gasteiger partial charge < -0.3 is 35.0 Å². The average Bonchev–Trinajstić information content (AvgIpc) is 3.78. The molecular weight excluding hydrogens is 636 g/mol. The van der Waals surface area contributed by atoms with Crippen LogP contribution in [0.15, 0.2) is 0 Å². The van der Waals surface area contributed by atoms with Gasteiger partial charge in [0.05, 0.1) is 38.4 Å². The smallest absolute Gasteiger partial charge is 1.00 e. The van der Waals surface area contributed by atoms with Gasteiger partial charge in [0, 0.05) is 58.3 Å². The van der Waals surface area contributed by atoms with Gasteiger partial charge in [-0.25, -0.2) is 0 Å². The zero-order chi connectivity index (χ0) is 32.4. The molecule has 5 aliphatic rings. The van der Waals surface area contributed by atoms with Crippen LogP contribution in [0.3, 0.4) is 0 Å². The predicted molar refractivity (Wildman–Crippen MR) is 156 cm³/mol. The summed E-state index contributed by atoms with van der Waals surface area (Å²) in [7, 11) is 0. The van der Waals surface area contributed by atoms with E-state index < -0.39 is 53.6 Å². The molecule has 2 aliphatic carbocycles. The van der Waals surface area contributed by atoms with E-state index in [4.69, 9.17) is 28.4 Å². The van der Waals surface area contributed by atoms with Crippen LogP contribution in [0, 0.1) is 10.8 Å². The summed E-state index contributed by atoms with van der Waals surface area (Å²) in [6, 6.07) is 0. The number of aliphatic hydroxyl groups is 1. The maximum Gasteiger partial charge on any atom is 1.00 e. The van der Waals surface area contributed by atoms with Gasteiger partial charge in [0.2, 0.25) is 0 Å². The number of hydrogen-bond donors (Lipinski definition) is 1. The fraction of sp³-hybridized carbons (Fsp3) is 0.967. The summed E-state index contributed by atoms with van der Waals surface area (Å²) in [5, 5.41) is 9.42. The van der Waals surface area contributed by atoms with Gasteiger partial charge >= 0.3 is 37.2 Å². The van der Waals surface area contributed by atoms with Crippen molar-refractivity contribution in [3.8, 4) is 0 Å². The van der Waals surface area contributed by atoms with Crippen molar-refractivity contribution in [1.29, 1.82) is 0 Å². The Balaban J connectivity index is 0.000000745. The molecule has 3 aliphatic heterocycles. The van der Waals surface area contributed by atoms with E-state index in [1.807, 2.05) is 0 Å². The summed E-state index contributed by atoms with van der Waals surface area (Å²) in [5.74, 6) is -1.81. The molecule has 3 heterocycles. The fourth-order valence-electron chi connectivity index (χ4n) is 6.47. The number of aliphatic hydroxyl groups excluding tert-OH is 1. The van der Waals surface area contributed by atoms with Gasteiger partial charge in [0.25, 0.3) is 0 Å². The molecule has 266 valence electrons. The first-order valence-electron chi connectivity index (χ1n) is 15.7. The van der Waals surface area contributed by atoms with Crippen LogP contribution in [0.5, 0.6) is 0 Å². The molecule has 5 fully saturated rings. The molecule has 0 aromatic carbocycles. The summed E-state index contributed by atoms with van der Waals surface area (Å²) < 4.78 is 107. The van der Waals surface area contributed by atoms with Crippen molar-refractivity contribution in [3.05, 3.63) is 0 Å². The van der Waals surface area contributed by atoms with Crippen molar-refractivity contribution in [2.75, 3.05) is 52.9 Å². The molecule has 8 nitrogen and oxygen atoms in total.